The molecule has 2 aromatic rings. The van der Waals surface area contributed by atoms with Gasteiger partial charge < -0.3 is 10.8 Å². The maximum Gasteiger partial charge on any atom is 0.320 e. The molecule has 1 aromatic heterocycles. The van der Waals surface area contributed by atoms with E-state index in [0.717, 1.165) is 11.3 Å². The molecular formula is C15H17N3O2. The first-order valence-electron chi connectivity index (χ1n) is 6.77. The average molecular weight is 271 g/mol. The molecule has 1 saturated carbocycles. The third-order valence-electron chi connectivity index (χ3n) is 3.60. The number of benzene rings is 1. The van der Waals surface area contributed by atoms with Gasteiger partial charge >= 0.3 is 5.97 Å². The van der Waals surface area contributed by atoms with Crippen LogP contribution >= 0.6 is 0 Å². The molecule has 1 atom stereocenters. The Morgan fingerprint density at radius 3 is 2.95 bits per heavy atom. The van der Waals surface area contributed by atoms with Crippen molar-refractivity contribution in [3.63, 3.8) is 0 Å². The molecular weight excluding hydrogens is 254 g/mol. The summed E-state index contributed by atoms with van der Waals surface area (Å²) in [5.74, 6) is -0.365. The van der Waals surface area contributed by atoms with Crippen LogP contribution in [0.25, 0.3) is 5.69 Å². The molecule has 1 aliphatic carbocycles. The van der Waals surface area contributed by atoms with Crippen LogP contribution in [0.1, 0.15) is 30.0 Å². The molecule has 1 heterocycles. The van der Waals surface area contributed by atoms with Gasteiger partial charge in [0.2, 0.25) is 0 Å². The molecule has 1 unspecified atom stereocenters. The first-order valence-corrected chi connectivity index (χ1v) is 6.77. The Labute approximate surface area is 117 Å². The van der Waals surface area contributed by atoms with Crippen molar-refractivity contribution in [3.05, 3.63) is 47.8 Å². The average Bonchev–Trinajstić information content (AvgIpc) is 3.16. The molecule has 1 fully saturated rings. The summed E-state index contributed by atoms with van der Waals surface area (Å²) >= 11 is 0. The van der Waals surface area contributed by atoms with Gasteiger partial charge in [-0.25, -0.2) is 4.68 Å². The van der Waals surface area contributed by atoms with E-state index in [2.05, 4.69) is 5.10 Å². The number of nitrogens with zero attached hydrogens (tertiary/aromatic N) is 2. The van der Waals surface area contributed by atoms with Gasteiger partial charge in [-0.15, -0.1) is 0 Å². The highest BCUT2D eigenvalue weighted by Crippen LogP contribution is 2.40. The molecule has 20 heavy (non-hydrogen) atoms. The fourth-order valence-corrected chi connectivity index (χ4v) is 2.37. The predicted molar refractivity (Wildman–Crippen MR) is 74.9 cm³/mol. The van der Waals surface area contributed by atoms with Crippen molar-refractivity contribution >= 4 is 5.97 Å². The number of carboxylic acids is 1. The highest BCUT2D eigenvalue weighted by Gasteiger charge is 2.27. The van der Waals surface area contributed by atoms with E-state index in [-0.39, 0.29) is 0 Å². The highest BCUT2D eigenvalue weighted by atomic mass is 16.4. The van der Waals surface area contributed by atoms with Crippen LogP contribution in [0.3, 0.4) is 0 Å². The lowest BCUT2D eigenvalue weighted by Gasteiger charge is -2.10. The van der Waals surface area contributed by atoms with E-state index in [9.17, 15) is 4.79 Å². The number of carbonyl (C=O) groups is 1. The number of nitrogens with two attached hydrogens (primary N) is 1. The summed E-state index contributed by atoms with van der Waals surface area (Å²) in [4.78, 5) is 10.8. The third kappa shape index (κ3) is 2.58. The molecule has 3 rings (SSSR count). The Balaban J connectivity index is 1.87. The minimum Gasteiger partial charge on any atom is -0.480 e. The fourth-order valence-electron chi connectivity index (χ4n) is 2.37. The Bertz CT molecular complexity index is 632. The molecule has 0 spiro atoms. The van der Waals surface area contributed by atoms with Crippen LogP contribution in [0.15, 0.2) is 36.5 Å². The Hall–Kier alpha value is -2.14. The predicted octanol–water partition coefficient (Wildman–Crippen LogP) is 1.70. The van der Waals surface area contributed by atoms with Crippen LogP contribution in [0.2, 0.25) is 0 Å². The van der Waals surface area contributed by atoms with Crippen LogP contribution in [0.4, 0.5) is 0 Å². The van der Waals surface area contributed by atoms with Crippen LogP contribution in [0, 0.1) is 0 Å². The number of aliphatic carboxylic acids is 1. The van der Waals surface area contributed by atoms with Crippen molar-refractivity contribution in [3.8, 4) is 5.69 Å². The van der Waals surface area contributed by atoms with E-state index in [1.165, 1.54) is 18.5 Å². The summed E-state index contributed by atoms with van der Waals surface area (Å²) in [5.41, 5.74) is 8.69. The van der Waals surface area contributed by atoms with Crippen molar-refractivity contribution in [2.45, 2.75) is 31.2 Å². The van der Waals surface area contributed by atoms with Gasteiger partial charge in [-0.05, 0) is 43.0 Å². The number of aromatic nitrogens is 2. The summed E-state index contributed by atoms with van der Waals surface area (Å²) in [6, 6.07) is 8.93. The summed E-state index contributed by atoms with van der Waals surface area (Å²) in [5, 5.41) is 13.3. The lowest BCUT2D eigenvalue weighted by Crippen LogP contribution is -2.32. The van der Waals surface area contributed by atoms with Gasteiger partial charge in [0.05, 0.1) is 5.69 Å². The topological polar surface area (TPSA) is 81.1 Å². The van der Waals surface area contributed by atoms with Crippen LogP contribution < -0.4 is 5.73 Å². The molecule has 3 N–H and O–H groups in total. The molecule has 0 amide bonds. The summed E-state index contributed by atoms with van der Waals surface area (Å²) < 4.78 is 1.94. The molecule has 1 aromatic carbocycles. The van der Waals surface area contributed by atoms with Gasteiger partial charge in [-0.2, -0.15) is 5.10 Å². The van der Waals surface area contributed by atoms with Crippen molar-refractivity contribution in [1.82, 2.24) is 9.78 Å². The van der Waals surface area contributed by atoms with E-state index < -0.39 is 12.0 Å². The van der Waals surface area contributed by atoms with E-state index >= 15 is 0 Å². The summed E-state index contributed by atoms with van der Waals surface area (Å²) in [6.45, 7) is 0. The normalized spacial score (nSPS) is 16.1. The SMILES string of the molecule is NC(Cc1cccc(-n2nccc2C2CC2)c1)C(=O)O. The standard InChI is InChI=1S/C15H17N3O2/c16-13(15(19)20)9-10-2-1-3-12(8-10)18-14(6-7-17-18)11-4-5-11/h1-3,6-8,11,13H,4-5,9,16H2,(H,19,20). The van der Waals surface area contributed by atoms with Gasteiger partial charge in [-0.3, -0.25) is 4.79 Å². The lowest BCUT2D eigenvalue weighted by molar-refractivity contribution is -0.138. The lowest BCUT2D eigenvalue weighted by atomic mass is 10.1. The van der Waals surface area contributed by atoms with Crippen molar-refractivity contribution in [1.29, 1.82) is 0 Å². The second kappa shape index (κ2) is 5.09. The van der Waals surface area contributed by atoms with Crippen LogP contribution in [-0.2, 0) is 11.2 Å². The van der Waals surface area contributed by atoms with Gasteiger partial charge in [-0.1, -0.05) is 12.1 Å². The zero-order chi connectivity index (χ0) is 14.1. The first kappa shape index (κ1) is 12.9. The maximum absolute atomic E-state index is 10.8. The van der Waals surface area contributed by atoms with Gasteiger partial charge in [0.25, 0.3) is 0 Å². The molecule has 0 aliphatic heterocycles. The zero-order valence-corrected chi connectivity index (χ0v) is 11.1. The molecule has 5 heteroatoms. The molecule has 0 bridgehead atoms. The van der Waals surface area contributed by atoms with Gasteiger partial charge in [0, 0.05) is 17.8 Å². The molecule has 0 saturated heterocycles. The molecule has 104 valence electrons. The Morgan fingerprint density at radius 1 is 1.45 bits per heavy atom. The fraction of sp³-hybridized carbons (Fsp3) is 0.333. The second-order valence-corrected chi connectivity index (χ2v) is 5.26. The highest BCUT2D eigenvalue weighted by molar-refractivity contribution is 5.73. The number of hydrogen-bond acceptors (Lipinski definition) is 3. The third-order valence-corrected chi connectivity index (χ3v) is 3.60. The second-order valence-electron chi connectivity index (χ2n) is 5.26. The minimum atomic E-state index is -0.979. The smallest absolute Gasteiger partial charge is 0.320 e. The van der Waals surface area contributed by atoms with Crippen LogP contribution in [0.5, 0.6) is 0 Å². The first-order chi connectivity index (χ1) is 9.65. The van der Waals surface area contributed by atoms with Crippen molar-refractivity contribution in [2.75, 3.05) is 0 Å². The molecule has 5 nitrogen and oxygen atoms in total. The monoisotopic (exact) mass is 271 g/mol. The van der Waals surface area contributed by atoms with E-state index in [1.807, 2.05) is 41.2 Å². The largest absolute Gasteiger partial charge is 0.480 e. The van der Waals surface area contributed by atoms with Crippen molar-refractivity contribution < 1.29 is 9.90 Å². The van der Waals surface area contributed by atoms with Crippen molar-refractivity contribution in [2.24, 2.45) is 5.73 Å². The van der Waals surface area contributed by atoms with Gasteiger partial charge in [0.15, 0.2) is 0 Å². The maximum atomic E-state index is 10.8. The quantitative estimate of drug-likeness (QED) is 0.867. The molecule has 1 aliphatic rings. The van der Waals surface area contributed by atoms with E-state index in [1.54, 1.807) is 0 Å². The molecule has 0 radical (unpaired) electrons. The minimum absolute atomic E-state index is 0.323. The number of carboxylic acid groups (broad SMARTS) is 1. The Kier molecular flexibility index (Phi) is 3.28. The number of rotatable bonds is 5. The number of hydrogen-bond donors (Lipinski definition) is 2. The van der Waals surface area contributed by atoms with E-state index in [4.69, 9.17) is 10.8 Å². The van der Waals surface area contributed by atoms with Crippen LogP contribution in [-0.4, -0.2) is 26.9 Å². The van der Waals surface area contributed by atoms with E-state index in [0.29, 0.717) is 12.3 Å². The summed E-state index contributed by atoms with van der Waals surface area (Å²) in [6.07, 6.45) is 4.57. The summed E-state index contributed by atoms with van der Waals surface area (Å²) in [7, 11) is 0. The Morgan fingerprint density at radius 2 is 2.25 bits per heavy atom. The zero-order valence-electron chi connectivity index (χ0n) is 11.1. The van der Waals surface area contributed by atoms with Gasteiger partial charge in [0.1, 0.15) is 6.04 Å².